The Morgan fingerprint density at radius 2 is 2.29 bits per heavy atom. The fourth-order valence-electron chi connectivity index (χ4n) is 1.08. The van der Waals surface area contributed by atoms with Crippen molar-refractivity contribution in [1.82, 2.24) is 10.2 Å². The van der Waals surface area contributed by atoms with Gasteiger partial charge in [0.05, 0.1) is 0 Å². The summed E-state index contributed by atoms with van der Waals surface area (Å²) in [6, 6.07) is 0. The van der Waals surface area contributed by atoms with E-state index in [9.17, 15) is 0 Å². The summed E-state index contributed by atoms with van der Waals surface area (Å²) < 4.78 is 0. The Kier molecular flexibility index (Phi) is 7.68. The lowest BCUT2D eigenvalue weighted by atomic mass is 10.3. The smallest absolute Gasteiger partial charge is 0.0302 e. The van der Waals surface area contributed by atoms with Crippen LogP contribution in [0.4, 0.5) is 0 Å². The number of hydrogen-bond acceptors (Lipinski definition) is 2. The predicted octanol–water partition coefficient (Wildman–Crippen LogP) is 1.62. The van der Waals surface area contributed by atoms with Crippen LogP contribution < -0.4 is 5.32 Å². The van der Waals surface area contributed by atoms with E-state index in [0.29, 0.717) is 0 Å². The monoisotopic (exact) mass is 192 g/mol. The van der Waals surface area contributed by atoms with E-state index in [0.717, 1.165) is 25.3 Å². The fraction of sp³-hybridized carbons (Fsp3) is 0.500. The molecule has 0 aliphatic rings. The lowest BCUT2D eigenvalue weighted by molar-refractivity contribution is 0.375. The van der Waals surface area contributed by atoms with Crippen LogP contribution in [0.25, 0.3) is 0 Å². The van der Waals surface area contributed by atoms with Crippen LogP contribution in [0.5, 0.6) is 0 Å². The van der Waals surface area contributed by atoms with Crippen molar-refractivity contribution in [2.75, 3.05) is 26.7 Å². The van der Waals surface area contributed by atoms with Gasteiger partial charge in [0.2, 0.25) is 0 Å². The number of nitrogens with zero attached hydrogens (tertiary/aromatic N) is 1. The summed E-state index contributed by atoms with van der Waals surface area (Å²) >= 11 is 0. The molecule has 0 saturated carbocycles. The first-order valence-corrected chi connectivity index (χ1v) is 4.93. The number of nitrogens with one attached hydrogen (secondary N) is 1. The van der Waals surface area contributed by atoms with Gasteiger partial charge in [0.15, 0.2) is 0 Å². The van der Waals surface area contributed by atoms with Crippen molar-refractivity contribution in [2.24, 2.45) is 0 Å². The van der Waals surface area contributed by atoms with Crippen molar-refractivity contribution >= 4 is 0 Å². The molecule has 0 saturated heterocycles. The summed E-state index contributed by atoms with van der Waals surface area (Å²) in [5, 5.41) is 3.12. The minimum atomic E-state index is 0.972. The van der Waals surface area contributed by atoms with Crippen LogP contribution >= 0.6 is 0 Å². The fourth-order valence-corrected chi connectivity index (χ4v) is 1.08. The second-order valence-corrected chi connectivity index (χ2v) is 2.90. The van der Waals surface area contributed by atoms with Gasteiger partial charge in [-0.1, -0.05) is 12.5 Å². The normalized spacial score (nSPS) is 9.64. The van der Waals surface area contributed by atoms with Crippen molar-refractivity contribution in [3.63, 3.8) is 0 Å². The molecule has 1 N–H and O–H groups in total. The average molecular weight is 192 g/mol. The molecule has 0 aliphatic carbocycles. The van der Waals surface area contributed by atoms with Crippen LogP contribution in [0, 0.1) is 11.8 Å². The summed E-state index contributed by atoms with van der Waals surface area (Å²) in [6.07, 6.45) is 3.79. The second-order valence-electron chi connectivity index (χ2n) is 2.90. The Morgan fingerprint density at radius 1 is 1.57 bits per heavy atom. The maximum absolute atomic E-state index is 3.99. The van der Waals surface area contributed by atoms with Crippen LogP contribution in [0.1, 0.15) is 13.8 Å². The van der Waals surface area contributed by atoms with Crippen molar-refractivity contribution < 1.29 is 0 Å². The highest BCUT2D eigenvalue weighted by Crippen LogP contribution is 2.01. The molecule has 0 aromatic carbocycles. The SMILES string of the molecule is C=C(/C=C\C#CC)N(CC)CCNC. The molecule has 0 atom stereocenters. The van der Waals surface area contributed by atoms with Crippen molar-refractivity contribution in [2.45, 2.75) is 13.8 Å². The Hall–Kier alpha value is -1.20. The van der Waals surface area contributed by atoms with E-state index >= 15 is 0 Å². The van der Waals surface area contributed by atoms with Crippen LogP contribution in [-0.2, 0) is 0 Å². The second kappa shape index (κ2) is 8.40. The minimum absolute atomic E-state index is 0.972. The molecular formula is C12H20N2. The minimum Gasteiger partial charge on any atom is -0.371 e. The molecule has 0 aromatic heterocycles. The Morgan fingerprint density at radius 3 is 2.79 bits per heavy atom. The molecule has 0 amide bonds. The number of likely N-dealkylation sites (N-methyl/N-ethyl adjacent to an activating group) is 2. The van der Waals surface area contributed by atoms with Gasteiger partial charge >= 0.3 is 0 Å². The maximum Gasteiger partial charge on any atom is 0.0302 e. The molecule has 0 radical (unpaired) electrons. The van der Waals surface area contributed by atoms with Gasteiger partial charge in [-0.3, -0.25) is 0 Å². The molecule has 0 spiro atoms. The van der Waals surface area contributed by atoms with Gasteiger partial charge in [0.1, 0.15) is 0 Å². The molecule has 0 rings (SSSR count). The molecule has 78 valence electrons. The topological polar surface area (TPSA) is 15.3 Å². The van der Waals surface area contributed by atoms with Crippen LogP contribution in [0.15, 0.2) is 24.4 Å². The highest BCUT2D eigenvalue weighted by atomic mass is 15.1. The van der Waals surface area contributed by atoms with Crippen molar-refractivity contribution in [3.8, 4) is 11.8 Å². The summed E-state index contributed by atoms with van der Waals surface area (Å²) in [5.74, 6) is 5.69. The zero-order valence-electron chi connectivity index (χ0n) is 9.43. The van der Waals surface area contributed by atoms with Crippen molar-refractivity contribution in [3.05, 3.63) is 24.4 Å². The summed E-state index contributed by atoms with van der Waals surface area (Å²) in [6.45, 7) is 10.9. The van der Waals surface area contributed by atoms with E-state index in [4.69, 9.17) is 0 Å². The van der Waals surface area contributed by atoms with Gasteiger partial charge < -0.3 is 10.2 Å². The third-order valence-corrected chi connectivity index (χ3v) is 1.92. The molecule has 0 aliphatic heterocycles. The van der Waals surface area contributed by atoms with Crippen LogP contribution in [-0.4, -0.2) is 31.6 Å². The largest absolute Gasteiger partial charge is 0.371 e. The predicted molar refractivity (Wildman–Crippen MR) is 62.9 cm³/mol. The zero-order chi connectivity index (χ0) is 10.8. The van der Waals surface area contributed by atoms with E-state index in [1.807, 2.05) is 26.1 Å². The lowest BCUT2D eigenvalue weighted by Crippen LogP contribution is -2.29. The van der Waals surface area contributed by atoms with Crippen LogP contribution in [0.3, 0.4) is 0 Å². The third-order valence-electron chi connectivity index (χ3n) is 1.92. The van der Waals surface area contributed by atoms with Gasteiger partial charge in [0.25, 0.3) is 0 Å². The van der Waals surface area contributed by atoms with E-state index in [1.165, 1.54) is 0 Å². The zero-order valence-corrected chi connectivity index (χ0v) is 9.43. The summed E-state index contributed by atoms with van der Waals surface area (Å²) in [4.78, 5) is 2.21. The van der Waals surface area contributed by atoms with Gasteiger partial charge in [-0.05, 0) is 33.0 Å². The number of hydrogen-bond donors (Lipinski definition) is 1. The van der Waals surface area contributed by atoms with E-state index in [-0.39, 0.29) is 0 Å². The van der Waals surface area contributed by atoms with Gasteiger partial charge in [-0.25, -0.2) is 0 Å². The quantitative estimate of drug-likeness (QED) is 0.508. The molecule has 0 aromatic rings. The van der Waals surface area contributed by atoms with Crippen LogP contribution in [0.2, 0.25) is 0 Å². The third kappa shape index (κ3) is 5.45. The van der Waals surface area contributed by atoms with E-state index in [1.54, 1.807) is 0 Å². The molecule has 2 nitrogen and oxygen atoms in total. The van der Waals surface area contributed by atoms with Gasteiger partial charge in [0, 0.05) is 25.3 Å². The maximum atomic E-state index is 3.99. The van der Waals surface area contributed by atoms with Crippen molar-refractivity contribution in [1.29, 1.82) is 0 Å². The Balaban J connectivity index is 4.07. The lowest BCUT2D eigenvalue weighted by Gasteiger charge is -2.22. The Labute approximate surface area is 87.7 Å². The molecule has 0 heterocycles. The van der Waals surface area contributed by atoms with Gasteiger partial charge in [-0.2, -0.15) is 0 Å². The molecule has 0 fully saturated rings. The highest BCUT2D eigenvalue weighted by molar-refractivity contribution is 5.23. The molecule has 0 unspecified atom stereocenters. The first-order valence-electron chi connectivity index (χ1n) is 4.93. The average Bonchev–Trinajstić information content (AvgIpc) is 2.19. The first kappa shape index (κ1) is 12.8. The standard InChI is InChI=1S/C12H20N2/c1-5-7-8-9-12(3)14(6-2)11-10-13-4/h8-9,13H,3,6,10-11H2,1-2,4H3/b9-8-. The Bertz CT molecular complexity index is 243. The summed E-state index contributed by atoms with van der Waals surface area (Å²) in [7, 11) is 1.95. The molecule has 0 bridgehead atoms. The van der Waals surface area contributed by atoms with Gasteiger partial charge in [-0.15, -0.1) is 5.92 Å². The van der Waals surface area contributed by atoms with E-state index < -0.39 is 0 Å². The highest BCUT2D eigenvalue weighted by Gasteiger charge is 2.00. The van der Waals surface area contributed by atoms with E-state index in [2.05, 4.69) is 35.6 Å². The molecule has 14 heavy (non-hydrogen) atoms. The first-order chi connectivity index (χ1) is 6.76. The molecular weight excluding hydrogens is 172 g/mol. The summed E-state index contributed by atoms with van der Waals surface area (Å²) in [5.41, 5.74) is 1.02. The number of rotatable bonds is 6. The number of allylic oxidation sites excluding steroid dienone is 2. The molecule has 2 heteroatoms.